The maximum Gasteiger partial charge on any atom is 0.275 e. The molecule has 0 unspecified atom stereocenters. The van der Waals surface area contributed by atoms with Gasteiger partial charge in [0.2, 0.25) is 0 Å². The van der Waals surface area contributed by atoms with Crippen LogP contribution in [0.5, 0.6) is 0 Å². The number of aromatic nitrogens is 2. The van der Waals surface area contributed by atoms with Crippen molar-refractivity contribution in [2.75, 3.05) is 17.2 Å². The van der Waals surface area contributed by atoms with Crippen molar-refractivity contribution in [1.29, 1.82) is 0 Å². The molecule has 0 spiro atoms. The standard InChI is InChI=1S/C14H15ClN4O/c1-2-7-17-12-4-3-11(15)13(19-12)14(20)18-10-5-8-16-9-6-10/h3-6,8-9H,2,7H2,1H3,(H,17,19)(H,16,18,20). The Hall–Kier alpha value is -2.14. The molecule has 0 radical (unpaired) electrons. The Bertz CT molecular complexity index is 589. The molecule has 0 aliphatic rings. The van der Waals surface area contributed by atoms with E-state index in [1.165, 1.54) is 0 Å². The number of rotatable bonds is 5. The number of anilines is 2. The van der Waals surface area contributed by atoms with E-state index in [0.717, 1.165) is 13.0 Å². The average Bonchev–Trinajstić information content (AvgIpc) is 2.47. The molecule has 0 saturated heterocycles. The molecule has 0 aliphatic heterocycles. The van der Waals surface area contributed by atoms with Gasteiger partial charge >= 0.3 is 0 Å². The summed E-state index contributed by atoms with van der Waals surface area (Å²) in [6.07, 6.45) is 4.18. The van der Waals surface area contributed by atoms with Crippen molar-refractivity contribution in [3.8, 4) is 0 Å². The van der Waals surface area contributed by atoms with Crippen LogP contribution in [-0.2, 0) is 0 Å². The minimum Gasteiger partial charge on any atom is -0.370 e. The summed E-state index contributed by atoms with van der Waals surface area (Å²) in [7, 11) is 0. The van der Waals surface area contributed by atoms with Gasteiger partial charge in [0.1, 0.15) is 11.5 Å². The summed E-state index contributed by atoms with van der Waals surface area (Å²) in [6.45, 7) is 2.85. The smallest absolute Gasteiger partial charge is 0.275 e. The second-order valence-corrected chi connectivity index (χ2v) is 4.55. The SMILES string of the molecule is CCCNc1ccc(Cl)c(C(=O)Nc2ccncc2)n1. The molecule has 2 aromatic heterocycles. The van der Waals surface area contributed by atoms with Gasteiger partial charge in [-0.05, 0) is 30.7 Å². The fourth-order valence-electron chi connectivity index (χ4n) is 1.58. The van der Waals surface area contributed by atoms with Gasteiger partial charge in [-0.1, -0.05) is 18.5 Å². The molecule has 5 nitrogen and oxygen atoms in total. The van der Waals surface area contributed by atoms with Crippen LogP contribution in [0.4, 0.5) is 11.5 Å². The molecule has 0 atom stereocenters. The number of carbonyl (C=O) groups excluding carboxylic acids is 1. The number of nitrogens with one attached hydrogen (secondary N) is 2. The third-order valence-corrected chi connectivity index (χ3v) is 2.86. The van der Waals surface area contributed by atoms with Crippen LogP contribution in [0.15, 0.2) is 36.7 Å². The van der Waals surface area contributed by atoms with Gasteiger partial charge in [-0.2, -0.15) is 0 Å². The minimum atomic E-state index is -0.346. The number of pyridine rings is 2. The van der Waals surface area contributed by atoms with E-state index in [9.17, 15) is 4.79 Å². The van der Waals surface area contributed by atoms with E-state index in [0.29, 0.717) is 16.5 Å². The van der Waals surface area contributed by atoms with Crippen LogP contribution in [0.2, 0.25) is 5.02 Å². The molecule has 20 heavy (non-hydrogen) atoms. The van der Waals surface area contributed by atoms with Gasteiger partial charge < -0.3 is 10.6 Å². The lowest BCUT2D eigenvalue weighted by atomic mass is 10.3. The molecule has 0 saturated carbocycles. The average molecular weight is 291 g/mol. The molecular weight excluding hydrogens is 276 g/mol. The van der Waals surface area contributed by atoms with E-state index >= 15 is 0 Å². The Labute approximate surface area is 122 Å². The Morgan fingerprint density at radius 2 is 2.00 bits per heavy atom. The number of amides is 1. The second kappa shape index (κ2) is 6.86. The van der Waals surface area contributed by atoms with Crippen LogP contribution in [-0.4, -0.2) is 22.4 Å². The van der Waals surface area contributed by atoms with E-state index < -0.39 is 0 Å². The van der Waals surface area contributed by atoms with Gasteiger partial charge in [-0.15, -0.1) is 0 Å². The molecule has 2 rings (SSSR count). The van der Waals surface area contributed by atoms with E-state index in [-0.39, 0.29) is 11.6 Å². The highest BCUT2D eigenvalue weighted by atomic mass is 35.5. The molecule has 2 N–H and O–H groups in total. The Kier molecular flexibility index (Phi) is 4.90. The first kappa shape index (κ1) is 14.3. The summed E-state index contributed by atoms with van der Waals surface area (Å²) in [5.41, 5.74) is 0.847. The third kappa shape index (κ3) is 3.68. The fourth-order valence-corrected chi connectivity index (χ4v) is 1.77. The van der Waals surface area contributed by atoms with E-state index in [4.69, 9.17) is 11.6 Å². The molecule has 0 aromatic carbocycles. The van der Waals surface area contributed by atoms with Gasteiger partial charge in [-0.25, -0.2) is 4.98 Å². The lowest BCUT2D eigenvalue weighted by Gasteiger charge is -2.09. The zero-order chi connectivity index (χ0) is 14.4. The maximum atomic E-state index is 12.2. The van der Waals surface area contributed by atoms with Crippen LogP contribution >= 0.6 is 11.6 Å². The van der Waals surface area contributed by atoms with Gasteiger partial charge in [0.25, 0.3) is 5.91 Å². The third-order valence-electron chi connectivity index (χ3n) is 2.56. The number of halogens is 1. The van der Waals surface area contributed by atoms with Gasteiger partial charge in [-0.3, -0.25) is 9.78 Å². The van der Waals surface area contributed by atoms with Gasteiger partial charge in [0, 0.05) is 24.6 Å². The largest absolute Gasteiger partial charge is 0.370 e. The Morgan fingerprint density at radius 3 is 2.70 bits per heavy atom. The zero-order valence-corrected chi connectivity index (χ0v) is 11.8. The van der Waals surface area contributed by atoms with E-state index in [1.807, 2.05) is 0 Å². The summed E-state index contributed by atoms with van der Waals surface area (Å²) < 4.78 is 0. The Balaban J connectivity index is 2.16. The quantitative estimate of drug-likeness (QED) is 0.887. The number of carbonyl (C=O) groups is 1. The highest BCUT2D eigenvalue weighted by Gasteiger charge is 2.13. The van der Waals surface area contributed by atoms with Crippen molar-refractivity contribution < 1.29 is 4.79 Å². The summed E-state index contributed by atoms with van der Waals surface area (Å²) in [5, 5.41) is 6.17. The summed E-state index contributed by atoms with van der Waals surface area (Å²) in [5.74, 6) is 0.289. The lowest BCUT2D eigenvalue weighted by molar-refractivity contribution is 0.102. The molecule has 0 fully saturated rings. The topological polar surface area (TPSA) is 66.9 Å². The summed E-state index contributed by atoms with van der Waals surface area (Å²) in [6, 6.07) is 6.81. The van der Waals surface area contributed by atoms with Crippen LogP contribution in [0.25, 0.3) is 0 Å². The van der Waals surface area contributed by atoms with E-state index in [2.05, 4.69) is 27.5 Å². The molecule has 0 aliphatic carbocycles. The van der Waals surface area contributed by atoms with Crippen molar-refractivity contribution in [3.05, 3.63) is 47.4 Å². The van der Waals surface area contributed by atoms with Crippen molar-refractivity contribution in [1.82, 2.24) is 9.97 Å². The van der Waals surface area contributed by atoms with Crippen LogP contribution in [0.3, 0.4) is 0 Å². The number of nitrogens with zero attached hydrogens (tertiary/aromatic N) is 2. The maximum absolute atomic E-state index is 12.2. The first-order valence-corrected chi connectivity index (χ1v) is 6.70. The molecule has 2 aromatic rings. The Morgan fingerprint density at radius 1 is 1.25 bits per heavy atom. The zero-order valence-electron chi connectivity index (χ0n) is 11.1. The van der Waals surface area contributed by atoms with Crippen molar-refractivity contribution >= 4 is 29.0 Å². The normalized spacial score (nSPS) is 10.1. The monoisotopic (exact) mass is 290 g/mol. The first-order chi connectivity index (χ1) is 9.70. The first-order valence-electron chi connectivity index (χ1n) is 6.32. The van der Waals surface area contributed by atoms with Crippen molar-refractivity contribution in [2.24, 2.45) is 0 Å². The van der Waals surface area contributed by atoms with Crippen molar-refractivity contribution in [3.63, 3.8) is 0 Å². The van der Waals surface area contributed by atoms with Gasteiger partial charge in [0.15, 0.2) is 0 Å². The van der Waals surface area contributed by atoms with Crippen LogP contribution in [0, 0.1) is 0 Å². The van der Waals surface area contributed by atoms with Gasteiger partial charge in [0.05, 0.1) is 5.02 Å². The summed E-state index contributed by atoms with van der Waals surface area (Å²) >= 11 is 6.03. The number of hydrogen-bond donors (Lipinski definition) is 2. The van der Waals surface area contributed by atoms with Crippen LogP contribution in [0.1, 0.15) is 23.8 Å². The molecule has 2 heterocycles. The summed E-state index contributed by atoms with van der Waals surface area (Å²) in [4.78, 5) is 20.3. The second-order valence-electron chi connectivity index (χ2n) is 4.14. The molecule has 104 valence electrons. The molecular formula is C14H15ClN4O. The highest BCUT2D eigenvalue weighted by molar-refractivity contribution is 6.34. The fraction of sp³-hybridized carbons (Fsp3) is 0.214. The molecule has 1 amide bonds. The predicted molar refractivity (Wildman–Crippen MR) is 80.2 cm³/mol. The lowest BCUT2D eigenvalue weighted by Crippen LogP contribution is -2.15. The molecule has 0 bridgehead atoms. The van der Waals surface area contributed by atoms with Crippen LogP contribution < -0.4 is 10.6 Å². The number of hydrogen-bond acceptors (Lipinski definition) is 4. The van der Waals surface area contributed by atoms with E-state index in [1.54, 1.807) is 36.7 Å². The minimum absolute atomic E-state index is 0.199. The molecule has 6 heteroatoms. The highest BCUT2D eigenvalue weighted by Crippen LogP contribution is 2.18. The predicted octanol–water partition coefficient (Wildman–Crippen LogP) is 3.20. The van der Waals surface area contributed by atoms with Crippen molar-refractivity contribution in [2.45, 2.75) is 13.3 Å².